The van der Waals surface area contributed by atoms with Crippen LogP contribution in [0.3, 0.4) is 0 Å². The summed E-state index contributed by atoms with van der Waals surface area (Å²) in [5.41, 5.74) is 19.1. The second-order valence-corrected chi connectivity index (χ2v) is 5.83. The molecule has 5 nitrogen and oxygen atoms in total. The smallest absolute Gasteiger partial charge is 0.218 e. The molecule has 0 heterocycles. The highest BCUT2D eigenvalue weighted by molar-refractivity contribution is 5.92. The predicted molar refractivity (Wildman–Crippen MR) is 88.1 cm³/mol. The number of hydrogen-bond donors (Lipinski definition) is 3. The van der Waals surface area contributed by atoms with Gasteiger partial charge in [0.2, 0.25) is 5.96 Å². The average Bonchev–Trinajstić information content (AvgIpc) is 2.40. The molecule has 2 rings (SSSR count). The number of aryl methyl sites for hydroxylation is 1. The van der Waals surface area contributed by atoms with Crippen LogP contribution in [-0.4, -0.2) is 18.0 Å². The van der Waals surface area contributed by atoms with E-state index in [4.69, 9.17) is 17.2 Å². The third-order valence-corrected chi connectivity index (χ3v) is 3.99. The molecule has 6 N–H and O–H groups in total. The highest BCUT2D eigenvalue weighted by Gasteiger charge is 2.25. The van der Waals surface area contributed by atoms with E-state index in [1.165, 1.54) is 30.4 Å². The van der Waals surface area contributed by atoms with Crippen molar-refractivity contribution in [2.24, 2.45) is 33.1 Å². The van der Waals surface area contributed by atoms with Gasteiger partial charge in [0.15, 0.2) is 5.96 Å². The summed E-state index contributed by atoms with van der Waals surface area (Å²) in [6.07, 6.45) is 5.71. The minimum Gasteiger partial charge on any atom is -0.370 e. The minimum atomic E-state index is -0.0395. The molecule has 0 amide bonds. The Kier molecular flexibility index (Phi) is 5.20. The summed E-state index contributed by atoms with van der Waals surface area (Å²) in [5, 5.41) is 0. The summed E-state index contributed by atoms with van der Waals surface area (Å²) in [6.45, 7) is 2.12. The average molecular weight is 287 g/mol. The fourth-order valence-electron chi connectivity index (χ4n) is 3.07. The topological polar surface area (TPSA) is 103 Å². The van der Waals surface area contributed by atoms with Crippen LogP contribution in [0.25, 0.3) is 0 Å². The molecule has 0 radical (unpaired) electrons. The fourth-order valence-corrected chi connectivity index (χ4v) is 3.07. The van der Waals surface area contributed by atoms with Gasteiger partial charge in [-0.3, -0.25) is 0 Å². The van der Waals surface area contributed by atoms with Gasteiger partial charge in [0.25, 0.3) is 0 Å². The largest absolute Gasteiger partial charge is 0.370 e. The van der Waals surface area contributed by atoms with Gasteiger partial charge in [0, 0.05) is 0 Å². The number of rotatable bonds is 3. The number of nitrogens with two attached hydrogens (primary N) is 3. The van der Waals surface area contributed by atoms with Gasteiger partial charge in [-0.05, 0) is 37.7 Å². The van der Waals surface area contributed by atoms with Crippen molar-refractivity contribution in [2.75, 3.05) is 0 Å². The first-order valence-corrected chi connectivity index (χ1v) is 7.53. The van der Waals surface area contributed by atoms with E-state index < -0.39 is 0 Å². The molecule has 1 aromatic rings. The summed E-state index contributed by atoms with van der Waals surface area (Å²) >= 11 is 0. The molecule has 0 aromatic heterocycles. The molecule has 1 aliphatic carbocycles. The molecule has 2 unspecified atom stereocenters. The van der Waals surface area contributed by atoms with Crippen molar-refractivity contribution in [3.05, 3.63) is 35.4 Å². The zero-order chi connectivity index (χ0) is 15.2. The van der Waals surface area contributed by atoms with E-state index in [-0.39, 0.29) is 18.0 Å². The maximum absolute atomic E-state index is 5.79. The molecular weight excluding hydrogens is 262 g/mol. The number of benzene rings is 1. The van der Waals surface area contributed by atoms with Crippen molar-refractivity contribution in [1.82, 2.24) is 0 Å². The van der Waals surface area contributed by atoms with Crippen LogP contribution >= 0.6 is 0 Å². The van der Waals surface area contributed by atoms with Gasteiger partial charge >= 0.3 is 0 Å². The normalized spacial score (nSPS) is 22.8. The summed E-state index contributed by atoms with van der Waals surface area (Å²) in [7, 11) is 0. The molecule has 1 saturated carbocycles. The van der Waals surface area contributed by atoms with Crippen molar-refractivity contribution in [3.8, 4) is 0 Å². The lowest BCUT2D eigenvalue weighted by atomic mass is 9.81. The zero-order valence-corrected chi connectivity index (χ0v) is 12.6. The SMILES string of the molecule is Cc1cccc(CC2CCCCC2N=C(N)N=C(N)N)c1. The third-order valence-electron chi connectivity index (χ3n) is 3.99. The second kappa shape index (κ2) is 7.11. The van der Waals surface area contributed by atoms with Crippen LogP contribution in [-0.2, 0) is 6.42 Å². The van der Waals surface area contributed by atoms with Gasteiger partial charge in [-0.1, -0.05) is 42.7 Å². The Morgan fingerprint density at radius 2 is 1.95 bits per heavy atom. The first-order valence-electron chi connectivity index (χ1n) is 7.53. The van der Waals surface area contributed by atoms with E-state index in [2.05, 4.69) is 41.2 Å². The molecule has 0 saturated heterocycles. The van der Waals surface area contributed by atoms with Gasteiger partial charge in [-0.15, -0.1) is 0 Å². The lowest BCUT2D eigenvalue weighted by Gasteiger charge is -2.29. The van der Waals surface area contributed by atoms with Crippen molar-refractivity contribution < 1.29 is 0 Å². The first-order chi connectivity index (χ1) is 10.0. The number of guanidine groups is 2. The number of hydrogen-bond acceptors (Lipinski definition) is 1. The fraction of sp³-hybridized carbons (Fsp3) is 0.500. The Morgan fingerprint density at radius 3 is 2.67 bits per heavy atom. The van der Waals surface area contributed by atoms with E-state index >= 15 is 0 Å². The van der Waals surface area contributed by atoms with Gasteiger partial charge in [-0.25, -0.2) is 4.99 Å². The predicted octanol–water partition coefficient (Wildman–Crippen LogP) is 1.68. The second-order valence-electron chi connectivity index (χ2n) is 5.83. The third kappa shape index (κ3) is 4.77. The van der Waals surface area contributed by atoms with Gasteiger partial charge in [-0.2, -0.15) is 4.99 Å². The maximum atomic E-state index is 5.79. The summed E-state index contributed by atoms with van der Waals surface area (Å²) in [4.78, 5) is 8.35. The lowest BCUT2D eigenvalue weighted by molar-refractivity contribution is 0.308. The Balaban J connectivity index is 2.10. The van der Waals surface area contributed by atoms with E-state index in [0.717, 1.165) is 12.8 Å². The Bertz CT molecular complexity index is 531. The summed E-state index contributed by atoms with van der Waals surface area (Å²) in [6, 6.07) is 8.87. The molecule has 1 aliphatic rings. The summed E-state index contributed by atoms with van der Waals surface area (Å²) in [5.74, 6) is 0.659. The molecule has 2 atom stereocenters. The van der Waals surface area contributed by atoms with Crippen LogP contribution in [0.2, 0.25) is 0 Å². The monoisotopic (exact) mass is 287 g/mol. The Morgan fingerprint density at radius 1 is 1.19 bits per heavy atom. The molecule has 1 aromatic carbocycles. The van der Waals surface area contributed by atoms with Crippen LogP contribution in [0.15, 0.2) is 34.3 Å². The summed E-state index contributed by atoms with van der Waals surface area (Å²) < 4.78 is 0. The molecule has 1 fully saturated rings. The Labute approximate surface area is 126 Å². The van der Waals surface area contributed by atoms with E-state index in [1.54, 1.807) is 0 Å². The van der Waals surface area contributed by atoms with Gasteiger partial charge in [0.05, 0.1) is 6.04 Å². The maximum Gasteiger partial charge on any atom is 0.218 e. The van der Waals surface area contributed by atoms with Crippen molar-refractivity contribution in [3.63, 3.8) is 0 Å². The molecule has 5 heteroatoms. The van der Waals surface area contributed by atoms with E-state index in [0.29, 0.717) is 5.92 Å². The minimum absolute atomic E-state index is 0.0395. The highest BCUT2D eigenvalue weighted by atomic mass is 15.1. The van der Waals surface area contributed by atoms with Crippen LogP contribution in [0, 0.1) is 12.8 Å². The van der Waals surface area contributed by atoms with Crippen LogP contribution in [0.5, 0.6) is 0 Å². The molecule has 0 aliphatic heterocycles. The van der Waals surface area contributed by atoms with Gasteiger partial charge in [0.1, 0.15) is 0 Å². The standard InChI is InChI=1S/C16H25N5/c1-11-5-4-6-12(9-11)10-13-7-2-3-8-14(13)20-16(19)21-15(17)18/h4-6,9,13-14H,2-3,7-8,10H2,1H3,(H6,17,18,19,20,21). The number of aliphatic imine (C=N–C) groups is 2. The first kappa shape index (κ1) is 15.4. The van der Waals surface area contributed by atoms with Gasteiger partial charge < -0.3 is 17.2 Å². The molecular formula is C16H25N5. The van der Waals surface area contributed by atoms with Crippen molar-refractivity contribution in [2.45, 2.75) is 45.1 Å². The molecule has 114 valence electrons. The number of nitrogens with zero attached hydrogens (tertiary/aromatic N) is 2. The van der Waals surface area contributed by atoms with Crippen LogP contribution in [0.4, 0.5) is 0 Å². The quantitative estimate of drug-likeness (QED) is 0.582. The van der Waals surface area contributed by atoms with Crippen molar-refractivity contribution in [1.29, 1.82) is 0 Å². The molecule has 0 spiro atoms. The van der Waals surface area contributed by atoms with E-state index in [9.17, 15) is 0 Å². The zero-order valence-electron chi connectivity index (χ0n) is 12.6. The van der Waals surface area contributed by atoms with E-state index in [1.807, 2.05) is 0 Å². The Hall–Kier alpha value is -2.04. The molecule has 21 heavy (non-hydrogen) atoms. The van der Waals surface area contributed by atoms with Crippen LogP contribution < -0.4 is 17.2 Å². The van der Waals surface area contributed by atoms with Crippen molar-refractivity contribution >= 4 is 11.9 Å². The lowest BCUT2D eigenvalue weighted by Crippen LogP contribution is -2.30. The van der Waals surface area contributed by atoms with Crippen LogP contribution in [0.1, 0.15) is 36.8 Å². The molecule has 0 bridgehead atoms. The highest BCUT2D eigenvalue weighted by Crippen LogP contribution is 2.30.